The van der Waals surface area contributed by atoms with E-state index < -0.39 is 23.1 Å². The molecule has 0 aliphatic rings. The molecule has 2 unspecified atom stereocenters. The number of unbranched alkanes of at least 4 members (excludes halogenated alkanes) is 6. The van der Waals surface area contributed by atoms with Gasteiger partial charge in [-0.15, -0.1) is 0 Å². The minimum Gasteiger partial charge on any atom is -0.479 e. The molecular weight excluding hydrogens is 288 g/mol. The molecule has 0 saturated heterocycles. The Bertz CT molecular complexity index is 323. The minimum absolute atomic E-state index is 0.265. The van der Waals surface area contributed by atoms with Crippen LogP contribution in [0.15, 0.2) is 0 Å². The second-order valence-electron chi connectivity index (χ2n) is 5.95. The van der Waals surface area contributed by atoms with Gasteiger partial charge in [0.05, 0.1) is 0 Å². The number of carboxylic acids is 2. The molecule has 6 nitrogen and oxygen atoms in total. The monoisotopic (exact) mass is 318 g/mol. The molecule has 0 aliphatic heterocycles. The largest absolute Gasteiger partial charge is 0.479 e. The summed E-state index contributed by atoms with van der Waals surface area (Å²) in [4.78, 5) is 22.9. The number of rotatable bonds is 13. The highest BCUT2D eigenvalue weighted by Gasteiger charge is 2.59. The van der Waals surface area contributed by atoms with Gasteiger partial charge in [-0.05, 0) is 25.7 Å². The van der Waals surface area contributed by atoms with E-state index in [9.17, 15) is 30.0 Å². The van der Waals surface area contributed by atoms with Gasteiger partial charge in [0.1, 0.15) is 0 Å². The quantitative estimate of drug-likeness (QED) is 0.388. The fraction of sp³-hybridized carbons (Fsp3) is 0.875. The van der Waals surface area contributed by atoms with Crippen molar-refractivity contribution < 1.29 is 30.0 Å². The van der Waals surface area contributed by atoms with Crippen molar-refractivity contribution in [2.45, 2.75) is 89.3 Å². The van der Waals surface area contributed by atoms with E-state index in [0.717, 1.165) is 25.7 Å². The van der Waals surface area contributed by atoms with Gasteiger partial charge in [0, 0.05) is 0 Å². The highest BCUT2D eigenvalue weighted by atomic mass is 16.5. The summed E-state index contributed by atoms with van der Waals surface area (Å²) in [6, 6.07) is 0. The van der Waals surface area contributed by atoms with Crippen molar-refractivity contribution in [3.8, 4) is 0 Å². The molecule has 0 heterocycles. The highest BCUT2D eigenvalue weighted by molar-refractivity contribution is 5.90. The van der Waals surface area contributed by atoms with Gasteiger partial charge < -0.3 is 20.4 Å². The summed E-state index contributed by atoms with van der Waals surface area (Å²) in [5.41, 5.74) is -5.31. The zero-order valence-electron chi connectivity index (χ0n) is 13.7. The van der Waals surface area contributed by atoms with Crippen molar-refractivity contribution >= 4 is 11.9 Å². The van der Waals surface area contributed by atoms with Crippen molar-refractivity contribution in [3.63, 3.8) is 0 Å². The van der Waals surface area contributed by atoms with Gasteiger partial charge in [-0.25, -0.2) is 9.59 Å². The first-order valence-corrected chi connectivity index (χ1v) is 8.17. The van der Waals surface area contributed by atoms with Crippen LogP contribution in [-0.2, 0) is 9.59 Å². The zero-order chi connectivity index (χ0) is 17.2. The van der Waals surface area contributed by atoms with Gasteiger partial charge in [-0.1, -0.05) is 52.4 Å². The lowest BCUT2D eigenvalue weighted by Gasteiger charge is -2.37. The standard InChI is InChI=1S/C16H30O6/c1-3-5-7-9-11-15(21,13(17)18)16(22,14(19)20)12-10-8-6-4-2/h21-22H,3-12H2,1-2H3,(H,17,18)(H,19,20). The van der Waals surface area contributed by atoms with Gasteiger partial charge >= 0.3 is 11.9 Å². The van der Waals surface area contributed by atoms with Crippen LogP contribution in [0.25, 0.3) is 0 Å². The van der Waals surface area contributed by atoms with Crippen molar-refractivity contribution in [2.75, 3.05) is 0 Å². The summed E-state index contributed by atoms with van der Waals surface area (Å²) >= 11 is 0. The van der Waals surface area contributed by atoms with Crippen molar-refractivity contribution in [3.05, 3.63) is 0 Å². The number of hydrogen-bond donors (Lipinski definition) is 4. The van der Waals surface area contributed by atoms with Gasteiger partial charge in [-0.3, -0.25) is 0 Å². The molecular formula is C16H30O6. The van der Waals surface area contributed by atoms with Gasteiger partial charge in [0.15, 0.2) is 0 Å². The number of carbonyl (C=O) groups is 2. The Hall–Kier alpha value is -1.14. The SMILES string of the molecule is CCCCCCC(O)(C(=O)O)C(O)(CCCCCC)C(=O)O. The molecule has 0 rings (SSSR count). The number of aliphatic carboxylic acids is 2. The highest BCUT2D eigenvalue weighted by Crippen LogP contribution is 2.34. The smallest absolute Gasteiger partial charge is 0.339 e. The molecule has 0 aromatic carbocycles. The lowest BCUT2D eigenvalue weighted by molar-refractivity contribution is -0.210. The van der Waals surface area contributed by atoms with E-state index in [0.29, 0.717) is 25.7 Å². The van der Waals surface area contributed by atoms with Crippen LogP contribution in [0.4, 0.5) is 0 Å². The molecule has 0 radical (unpaired) electrons. The molecule has 0 saturated carbocycles. The first-order valence-electron chi connectivity index (χ1n) is 8.17. The molecule has 0 aromatic rings. The Labute approximate surface area is 132 Å². The molecule has 0 aliphatic carbocycles. The molecule has 0 fully saturated rings. The second-order valence-corrected chi connectivity index (χ2v) is 5.95. The summed E-state index contributed by atoms with van der Waals surface area (Å²) in [5, 5.41) is 39.4. The molecule has 0 bridgehead atoms. The lowest BCUT2D eigenvalue weighted by Crippen LogP contribution is -2.63. The molecule has 0 spiro atoms. The van der Waals surface area contributed by atoms with E-state index in [-0.39, 0.29) is 12.8 Å². The van der Waals surface area contributed by atoms with E-state index in [1.807, 2.05) is 13.8 Å². The van der Waals surface area contributed by atoms with Crippen molar-refractivity contribution in [1.29, 1.82) is 0 Å². The van der Waals surface area contributed by atoms with Gasteiger partial charge in [-0.2, -0.15) is 0 Å². The fourth-order valence-corrected chi connectivity index (χ4v) is 2.60. The molecule has 22 heavy (non-hydrogen) atoms. The third kappa shape index (κ3) is 5.25. The maximum Gasteiger partial charge on any atom is 0.339 e. The van der Waals surface area contributed by atoms with E-state index in [2.05, 4.69) is 0 Å². The molecule has 4 N–H and O–H groups in total. The fourth-order valence-electron chi connectivity index (χ4n) is 2.60. The third-order valence-corrected chi connectivity index (χ3v) is 4.18. The first-order chi connectivity index (χ1) is 10.3. The molecule has 6 heteroatoms. The average molecular weight is 318 g/mol. The normalized spacial score (nSPS) is 16.7. The summed E-state index contributed by atoms with van der Waals surface area (Å²) in [6.07, 6.45) is 5.20. The third-order valence-electron chi connectivity index (χ3n) is 4.18. The zero-order valence-corrected chi connectivity index (χ0v) is 13.7. The summed E-state index contributed by atoms with van der Waals surface area (Å²) < 4.78 is 0. The molecule has 0 amide bonds. The van der Waals surface area contributed by atoms with E-state index in [1.165, 1.54) is 0 Å². The average Bonchev–Trinajstić information content (AvgIpc) is 2.47. The number of carboxylic acid groups (broad SMARTS) is 2. The van der Waals surface area contributed by atoms with E-state index in [4.69, 9.17) is 0 Å². The maximum absolute atomic E-state index is 11.5. The Kier molecular flexibility index (Phi) is 9.28. The van der Waals surface area contributed by atoms with Crippen LogP contribution in [0.1, 0.15) is 78.1 Å². The second kappa shape index (κ2) is 9.79. The Morgan fingerprint density at radius 1 is 0.682 bits per heavy atom. The summed E-state index contributed by atoms with van der Waals surface area (Å²) in [5.74, 6) is -3.35. The van der Waals surface area contributed by atoms with Crippen LogP contribution < -0.4 is 0 Å². The predicted octanol–water partition coefficient (Wildman–Crippen LogP) is 2.56. The number of hydrogen-bond acceptors (Lipinski definition) is 4. The molecule has 0 aromatic heterocycles. The molecule has 130 valence electrons. The van der Waals surface area contributed by atoms with Crippen LogP contribution >= 0.6 is 0 Å². The Balaban J connectivity index is 5.06. The van der Waals surface area contributed by atoms with Crippen LogP contribution in [0, 0.1) is 0 Å². The van der Waals surface area contributed by atoms with Crippen molar-refractivity contribution in [2.24, 2.45) is 0 Å². The summed E-state index contributed by atoms with van der Waals surface area (Å²) in [7, 11) is 0. The van der Waals surface area contributed by atoms with Crippen molar-refractivity contribution in [1.82, 2.24) is 0 Å². The molecule has 2 atom stereocenters. The maximum atomic E-state index is 11.5. The van der Waals surface area contributed by atoms with E-state index >= 15 is 0 Å². The van der Waals surface area contributed by atoms with E-state index in [1.54, 1.807) is 0 Å². The minimum atomic E-state index is -2.65. The van der Waals surface area contributed by atoms with Gasteiger partial charge in [0.2, 0.25) is 11.2 Å². The lowest BCUT2D eigenvalue weighted by atomic mass is 9.75. The van der Waals surface area contributed by atoms with Gasteiger partial charge in [0.25, 0.3) is 0 Å². The Morgan fingerprint density at radius 2 is 1.00 bits per heavy atom. The van der Waals surface area contributed by atoms with Crippen LogP contribution in [0.2, 0.25) is 0 Å². The first kappa shape index (κ1) is 20.9. The number of aliphatic hydroxyl groups is 2. The topological polar surface area (TPSA) is 115 Å². The van der Waals surface area contributed by atoms with Crippen LogP contribution in [0.5, 0.6) is 0 Å². The van der Waals surface area contributed by atoms with Crippen LogP contribution in [-0.4, -0.2) is 43.6 Å². The predicted molar refractivity (Wildman–Crippen MR) is 82.7 cm³/mol. The summed E-state index contributed by atoms with van der Waals surface area (Å²) in [6.45, 7) is 3.98. The van der Waals surface area contributed by atoms with Crippen LogP contribution in [0.3, 0.4) is 0 Å². The Morgan fingerprint density at radius 3 is 1.23 bits per heavy atom.